The molecule has 0 saturated carbocycles. The highest BCUT2D eigenvalue weighted by Crippen LogP contribution is 2.18. The van der Waals surface area contributed by atoms with Crippen LogP contribution in [0.15, 0.2) is 0 Å². The van der Waals surface area contributed by atoms with Gasteiger partial charge in [0.1, 0.15) is 17.5 Å². The third-order valence-electron chi connectivity index (χ3n) is 3.16. The molecule has 1 rings (SSSR count). The van der Waals surface area contributed by atoms with Crippen molar-refractivity contribution in [3.8, 4) is 0 Å². The Morgan fingerprint density at radius 2 is 1.90 bits per heavy atom. The summed E-state index contributed by atoms with van der Waals surface area (Å²) < 4.78 is 0. The van der Waals surface area contributed by atoms with Crippen molar-refractivity contribution in [2.24, 2.45) is 0 Å². The molecule has 1 aromatic heterocycles. The predicted octanol–water partition coefficient (Wildman–Crippen LogP) is 1.85. The molecule has 6 heteroatoms. The van der Waals surface area contributed by atoms with E-state index in [4.69, 9.17) is 0 Å². The first-order chi connectivity index (χ1) is 9.47. The highest BCUT2D eigenvalue weighted by atomic mass is 16.1. The second kappa shape index (κ2) is 7.67. The number of hydrogen-bond donors (Lipinski definition) is 3. The van der Waals surface area contributed by atoms with Crippen LogP contribution in [0.2, 0.25) is 0 Å². The number of carbonyl (C=O) groups excluding carboxylic acids is 1. The van der Waals surface area contributed by atoms with Crippen molar-refractivity contribution in [3.05, 3.63) is 11.4 Å². The molecule has 20 heavy (non-hydrogen) atoms. The van der Waals surface area contributed by atoms with E-state index in [2.05, 4.69) is 32.8 Å². The standard InChI is InChI=1S/C14H25N5O/c1-6-9(2)17-12(20)7-8-16-14-10(3)13(15-5)18-11(4)19-14/h9H,6-8H2,1-5H3,(H,17,20)(H2,15,16,18,19). The van der Waals surface area contributed by atoms with E-state index in [-0.39, 0.29) is 11.9 Å². The van der Waals surface area contributed by atoms with Crippen LogP contribution in [0.25, 0.3) is 0 Å². The van der Waals surface area contributed by atoms with E-state index in [0.29, 0.717) is 18.8 Å². The number of nitrogens with one attached hydrogen (secondary N) is 3. The van der Waals surface area contributed by atoms with E-state index in [0.717, 1.165) is 23.6 Å². The molecule has 1 amide bonds. The van der Waals surface area contributed by atoms with Crippen molar-refractivity contribution < 1.29 is 4.79 Å². The van der Waals surface area contributed by atoms with Crippen LogP contribution in [0.3, 0.4) is 0 Å². The molecule has 112 valence electrons. The smallest absolute Gasteiger partial charge is 0.221 e. The van der Waals surface area contributed by atoms with Gasteiger partial charge in [-0.15, -0.1) is 0 Å². The average Bonchev–Trinajstić information content (AvgIpc) is 2.41. The fourth-order valence-electron chi connectivity index (χ4n) is 1.79. The molecule has 1 aromatic rings. The Morgan fingerprint density at radius 3 is 2.50 bits per heavy atom. The Morgan fingerprint density at radius 1 is 1.25 bits per heavy atom. The number of aryl methyl sites for hydroxylation is 1. The van der Waals surface area contributed by atoms with Crippen molar-refractivity contribution in [2.75, 3.05) is 24.2 Å². The lowest BCUT2D eigenvalue weighted by molar-refractivity contribution is -0.121. The number of hydrogen-bond acceptors (Lipinski definition) is 5. The number of rotatable bonds is 7. The van der Waals surface area contributed by atoms with Crippen LogP contribution in [0.4, 0.5) is 11.6 Å². The molecular weight excluding hydrogens is 254 g/mol. The van der Waals surface area contributed by atoms with Crippen LogP contribution < -0.4 is 16.0 Å². The molecule has 1 atom stereocenters. The van der Waals surface area contributed by atoms with E-state index in [1.54, 1.807) is 0 Å². The molecule has 0 spiro atoms. The maximum atomic E-state index is 11.7. The zero-order valence-corrected chi connectivity index (χ0v) is 13.0. The van der Waals surface area contributed by atoms with E-state index in [1.807, 2.05) is 27.8 Å². The van der Waals surface area contributed by atoms with Gasteiger partial charge >= 0.3 is 0 Å². The Bertz CT molecular complexity index is 461. The van der Waals surface area contributed by atoms with Gasteiger partial charge in [-0.25, -0.2) is 9.97 Å². The first kappa shape index (κ1) is 16.2. The van der Waals surface area contributed by atoms with Crippen LogP contribution in [0, 0.1) is 13.8 Å². The minimum atomic E-state index is 0.0594. The quantitative estimate of drug-likeness (QED) is 0.710. The number of anilines is 2. The molecular formula is C14H25N5O. The Labute approximate surface area is 120 Å². The Hall–Kier alpha value is -1.85. The van der Waals surface area contributed by atoms with Crippen molar-refractivity contribution in [2.45, 2.75) is 46.6 Å². The van der Waals surface area contributed by atoms with Gasteiger partial charge in [-0.3, -0.25) is 4.79 Å². The first-order valence-corrected chi connectivity index (χ1v) is 7.04. The zero-order valence-electron chi connectivity index (χ0n) is 13.0. The zero-order chi connectivity index (χ0) is 15.1. The SMILES string of the molecule is CCC(C)NC(=O)CCNc1nc(C)nc(NC)c1C. The molecule has 1 heterocycles. The van der Waals surface area contributed by atoms with Gasteiger partial charge in [0.2, 0.25) is 5.91 Å². The number of amides is 1. The summed E-state index contributed by atoms with van der Waals surface area (Å²) in [6.45, 7) is 8.41. The molecule has 0 aliphatic rings. The van der Waals surface area contributed by atoms with Gasteiger partial charge in [0.05, 0.1) is 0 Å². The lowest BCUT2D eigenvalue weighted by Crippen LogP contribution is -2.33. The minimum Gasteiger partial charge on any atom is -0.373 e. The monoisotopic (exact) mass is 279 g/mol. The van der Waals surface area contributed by atoms with Crippen LogP contribution in [0.1, 0.15) is 38.1 Å². The largest absolute Gasteiger partial charge is 0.373 e. The maximum Gasteiger partial charge on any atom is 0.221 e. The lowest BCUT2D eigenvalue weighted by Gasteiger charge is -2.14. The van der Waals surface area contributed by atoms with Crippen molar-refractivity contribution in [3.63, 3.8) is 0 Å². The van der Waals surface area contributed by atoms with E-state index in [1.165, 1.54) is 0 Å². The third kappa shape index (κ3) is 4.68. The fourth-order valence-corrected chi connectivity index (χ4v) is 1.79. The summed E-state index contributed by atoms with van der Waals surface area (Å²) in [5, 5.41) is 9.18. The van der Waals surface area contributed by atoms with E-state index in [9.17, 15) is 4.79 Å². The molecule has 0 radical (unpaired) electrons. The predicted molar refractivity (Wildman–Crippen MR) is 82.1 cm³/mol. The molecule has 0 aromatic carbocycles. The van der Waals surface area contributed by atoms with Gasteiger partial charge in [-0.05, 0) is 27.2 Å². The maximum absolute atomic E-state index is 11.7. The lowest BCUT2D eigenvalue weighted by atomic mass is 10.2. The molecule has 6 nitrogen and oxygen atoms in total. The topological polar surface area (TPSA) is 78.9 Å². The van der Waals surface area contributed by atoms with Gasteiger partial charge in [-0.1, -0.05) is 6.92 Å². The fraction of sp³-hybridized carbons (Fsp3) is 0.643. The normalized spacial score (nSPS) is 11.8. The summed E-state index contributed by atoms with van der Waals surface area (Å²) in [7, 11) is 1.83. The van der Waals surface area contributed by atoms with Gasteiger partial charge in [0, 0.05) is 31.6 Å². The summed E-state index contributed by atoms with van der Waals surface area (Å²) in [6.07, 6.45) is 1.37. The molecule has 0 aliphatic heterocycles. The first-order valence-electron chi connectivity index (χ1n) is 7.04. The molecule has 0 fully saturated rings. The number of aromatic nitrogens is 2. The van der Waals surface area contributed by atoms with Crippen LogP contribution in [-0.2, 0) is 4.79 Å². The average molecular weight is 279 g/mol. The Kier molecular flexibility index (Phi) is 6.21. The summed E-state index contributed by atoms with van der Waals surface area (Å²) in [4.78, 5) is 20.3. The summed E-state index contributed by atoms with van der Waals surface area (Å²) in [5.74, 6) is 2.35. The van der Waals surface area contributed by atoms with Crippen molar-refractivity contribution >= 4 is 17.5 Å². The van der Waals surface area contributed by atoms with Gasteiger partial charge in [0.25, 0.3) is 0 Å². The summed E-state index contributed by atoms with van der Waals surface area (Å²) in [5.41, 5.74) is 0.959. The van der Waals surface area contributed by atoms with E-state index >= 15 is 0 Å². The van der Waals surface area contributed by atoms with Crippen LogP contribution in [-0.4, -0.2) is 35.5 Å². The number of carbonyl (C=O) groups is 1. The summed E-state index contributed by atoms with van der Waals surface area (Å²) in [6, 6.07) is 0.224. The summed E-state index contributed by atoms with van der Waals surface area (Å²) >= 11 is 0. The highest BCUT2D eigenvalue weighted by molar-refractivity contribution is 5.76. The second-order valence-corrected chi connectivity index (χ2v) is 4.90. The van der Waals surface area contributed by atoms with Gasteiger partial charge in [-0.2, -0.15) is 0 Å². The van der Waals surface area contributed by atoms with Crippen LogP contribution >= 0.6 is 0 Å². The van der Waals surface area contributed by atoms with E-state index < -0.39 is 0 Å². The molecule has 1 unspecified atom stereocenters. The molecule has 3 N–H and O–H groups in total. The number of nitrogens with zero attached hydrogens (tertiary/aromatic N) is 2. The van der Waals surface area contributed by atoms with Crippen molar-refractivity contribution in [1.82, 2.24) is 15.3 Å². The molecule has 0 aliphatic carbocycles. The second-order valence-electron chi connectivity index (χ2n) is 4.90. The van der Waals surface area contributed by atoms with Gasteiger partial charge < -0.3 is 16.0 Å². The van der Waals surface area contributed by atoms with Crippen molar-refractivity contribution in [1.29, 1.82) is 0 Å². The molecule has 0 bridgehead atoms. The highest BCUT2D eigenvalue weighted by Gasteiger charge is 2.09. The third-order valence-corrected chi connectivity index (χ3v) is 3.16. The molecule has 0 saturated heterocycles. The van der Waals surface area contributed by atoms with Crippen LogP contribution in [0.5, 0.6) is 0 Å². The Balaban J connectivity index is 2.54. The van der Waals surface area contributed by atoms with Gasteiger partial charge in [0.15, 0.2) is 0 Å². The minimum absolute atomic E-state index is 0.0594.